The van der Waals surface area contributed by atoms with E-state index in [-0.39, 0.29) is 17.0 Å². The summed E-state index contributed by atoms with van der Waals surface area (Å²) < 4.78 is 0. The van der Waals surface area contributed by atoms with E-state index in [4.69, 9.17) is 11.6 Å². The van der Waals surface area contributed by atoms with Crippen molar-refractivity contribution in [1.82, 2.24) is 0 Å². The molecule has 0 atom stereocenters. The molecule has 0 bridgehead atoms. The molecule has 0 spiro atoms. The molecule has 0 saturated heterocycles. The number of nitrogens with one attached hydrogen (secondary N) is 1. The molecule has 3 aromatic carbocycles. The lowest BCUT2D eigenvalue weighted by Crippen LogP contribution is -2.12. The van der Waals surface area contributed by atoms with Gasteiger partial charge in [-0.25, -0.2) is 0 Å². The fourth-order valence-corrected chi connectivity index (χ4v) is 2.82. The number of nitro groups is 1. The summed E-state index contributed by atoms with van der Waals surface area (Å²) in [6, 6.07) is 19.2. The molecule has 3 aromatic rings. The van der Waals surface area contributed by atoms with Crippen LogP contribution in [-0.4, -0.2) is 16.6 Å². The van der Waals surface area contributed by atoms with Crippen molar-refractivity contribution in [3.63, 3.8) is 0 Å². The zero-order valence-electron chi connectivity index (χ0n) is 15.0. The van der Waals surface area contributed by atoms with Gasteiger partial charge < -0.3 is 5.32 Å². The Hall–Kier alpha value is -3.77. The molecule has 0 aliphatic heterocycles. The lowest BCUT2D eigenvalue weighted by molar-refractivity contribution is -0.384. The van der Waals surface area contributed by atoms with E-state index in [9.17, 15) is 19.7 Å². The number of rotatable bonds is 6. The molecule has 1 amide bonds. The van der Waals surface area contributed by atoms with Gasteiger partial charge in [-0.2, -0.15) is 0 Å². The largest absolute Gasteiger partial charge is 0.322 e. The molecule has 0 fully saturated rings. The van der Waals surface area contributed by atoms with Crippen molar-refractivity contribution >= 4 is 40.7 Å². The van der Waals surface area contributed by atoms with Crippen LogP contribution in [0.4, 0.5) is 11.4 Å². The van der Waals surface area contributed by atoms with E-state index in [1.165, 1.54) is 36.4 Å². The summed E-state index contributed by atoms with van der Waals surface area (Å²) in [5.74, 6) is -0.757. The zero-order valence-corrected chi connectivity index (χ0v) is 15.8. The van der Waals surface area contributed by atoms with Gasteiger partial charge >= 0.3 is 0 Å². The Morgan fingerprint density at radius 2 is 1.72 bits per heavy atom. The van der Waals surface area contributed by atoms with Gasteiger partial charge in [0.05, 0.1) is 10.6 Å². The van der Waals surface area contributed by atoms with Gasteiger partial charge in [0.2, 0.25) is 5.91 Å². The van der Waals surface area contributed by atoms with Gasteiger partial charge in [-0.05, 0) is 29.8 Å². The second kappa shape index (κ2) is 8.95. The van der Waals surface area contributed by atoms with Crippen molar-refractivity contribution < 1.29 is 14.5 Å². The molecule has 29 heavy (non-hydrogen) atoms. The Morgan fingerprint density at radius 3 is 2.45 bits per heavy atom. The van der Waals surface area contributed by atoms with Gasteiger partial charge in [-0.15, -0.1) is 0 Å². The van der Waals surface area contributed by atoms with Crippen LogP contribution >= 0.6 is 11.6 Å². The third-order valence-electron chi connectivity index (χ3n) is 4.03. The Balaban J connectivity index is 1.81. The Labute approximate surface area is 171 Å². The Morgan fingerprint density at radius 1 is 0.966 bits per heavy atom. The van der Waals surface area contributed by atoms with Gasteiger partial charge in [-0.3, -0.25) is 19.7 Å². The number of anilines is 1. The summed E-state index contributed by atoms with van der Waals surface area (Å²) in [5, 5.41) is 13.9. The van der Waals surface area contributed by atoms with Crippen molar-refractivity contribution in [1.29, 1.82) is 0 Å². The zero-order chi connectivity index (χ0) is 20.8. The molecule has 0 aliphatic rings. The van der Waals surface area contributed by atoms with Crippen LogP contribution in [0.2, 0.25) is 5.02 Å². The first-order valence-corrected chi connectivity index (χ1v) is 8.94. The van der Waals surface area contributed by atoms with Crippen LogP contribution in [0.15, 0.2) is 78.9 Å². The van der Waals surface area contributed by atoms with E-state index < -0.39 is 10.8 Å². The highest BCUT2D eigenvalue weighted by molar-refractivity contribution is 6.31. The van der Waals surface area contributed by atoms with Crippen LogP contribution in [0.5, 0.6) is 0 Å². The van der Waals surface area contributed by atoms with E-state index in [1.807, 2.05) is 0 Å². The first-order chi connectivity index (χ1) is 13.9. The SMILES string of the molecule is O=C(C=Cc1cccc([N+](=O)[O-])c1)Nc1ccc(Cl)cc1C(=O)c1ccccc1. The normalized spacial score (nSPS) is 10.7. The van der Waals surface area contributed by atoms with Crippen LogP contribution in [-0.2, 0) is 4.79 Å². The maximum Gasteiger partial charge on any atom is 0.270 e. The minimum absolute atomic E-state index is 0.0685. The average Bonchev–Trinajstić information content (AvgIpc) is 2.74. The lowest BCUT2D eigenvalue weighted by atomic mass is 10.0. The number of hydrogen-bond acceptors (Lipinski definition) is 4. The third-order valence-corrected chi connectivity index (χ3v) is 4.26. The van der Waals surface area contributed by atoms with Gasteiger partial charge in [-0.1, -0.05) is 54.1 Å². The predicted octanol–water partition coefficient (Wildman–Crippen LogP) is 5.13. The molecule has 0 saturated carbocycles. The van der Waals surface area contributed by atoms with Crippen LogP contribution in [0.1, 0.15) is 21.5 Å². The fraction of sp³-hybridized carbons (Fsp3) is 0. The Kier molecular flexibility index (Phi) is 6.16. The number of ketones is 1. The quantitative estimate of drug-likeness (QED) is 0.266. The van der Waals surface area contributed by atoms with E-state index in [2.05, 4.69) is 5.32 Å². The van der Waals surface area contributed by atoms with Gasteiger partial charge in [0.15, 0.2) is 5.78 Å². The number of hydrogen-bond donors (Lipinski definition) is 1. The first kappa shape index (κ1) is 20.0. The highest BCUT2D eigenvalue weighted by Gasteiger charge is 2.15. The summed E-state index contributed by atoms with van der Waals surface area (Å²) in [4.78, 5) is 35.4. The molecular formula is C22H15ClN2O4. The highest BCUT2D eigenvalue weighted by Crippen LogP contribution is 2.24. The smallest absolute Gasteiger partial charge is 0.270 e. The lowest BCUT2D eigenvalue weighted by Gasteiger charge is -2.10. The number of benzene rings is 3. The minimum atomic E-state index is -0.507. The second-order valence-corrected chi connectivity index (χ2v) is 6.50. The topological polar surface area (TPSA) is 89.3 Å². The van der Waals surface area contributed by atoms with Crippen LogP contribution in [0.25, 0.3) is 6.08 Å². The molecule has 0 radical (unpaired) electrons. The molecule has 3 rings (SSSR count). The van der Waals surface area contributed by atoms with E-state index >= 15 is 0 Å². The molecule has 0 aliphatic carbocycles. The standard InChI is InChI=1S/C22H15ClN2O4/c23-17-10-11-20(19(14-17)22(27)16-6-2-1-3-7-16)24-21(26)12-9-15-5-4-8-18(13-15)25(28)29/h1-14H,(H,24,26). The van der Waals surface area contributed by atoms with E-state index in [1.54, 1.807) is 48.5 Å². The maximum atomic E-state index is 12.8. The van der Waals surface area contributed by atoms with Gasteiger partial charge in [0, 0.05) is 34.4 Å². The monoisotopic (exact) mass is 406 g/mol. The third kappa shape index (κ3) is 5.15. The van der Waals surface area contributed by atoms with Crippen molar-refractivity contribution in [2.75, 3.05) is 5.32 Å². The van der Waals surface area contributed by atoms with E-state index in [0.717, 1.165) is 0 Å². The van der Waals surface area contributed by atoms with Crippen molar-refractivity contribution in [3.05, 3.63) is 111 Å². The van der Waals surface area contributed by atoms with Crippen LogP contribution in [0.3, 0.4) is 0 Å². The molecular weight excluding hydrogens is 392 g/mol. The molecule has 0 aromatic heterocycles. The number of amides is 1. The number of carbonyl (C=O) groups excluding carboxylic acids is 2. The summed E-state index contributed by atoms with van der Waals surface area (Å²) >= 11 is 6.03. The fourth-order valence-electron chi connectivity index (χ4n) is 2.65. The summed E-state index contributed by atoms with van der Waals surface area (Å²) in [5.41, 5.74) is 1.49. The van der Waals surface area contributed by atoms with Gasteiger partial charge in [0.25, 0.3) is 5.69 Å². The summed E-state index contributed by atoms with van der Waals surface area (Å²) in [6.07, 6.45) is 2.70. The van der Waals surface area contributed by atoms with Crippen LogP contribution in [0, 0.1) is 10.1 Å². The van der Waals surface area contributed by atoms with Crippen molar-refractivity contribution in [3.8, 4) is 0 Å². The number of carbonyl (C=O) groups is 2. The van der Waals surface area contributed by atoms with Gasteiger partial charge in [0.1, 0.15) is 0 Å². The molecule has 0 heterocycles. The van der Waals surface area contributed by atoms with Crippen molar-refractivity contribution in [2.45, 2.75) is 0 Å². The highest BCUT2D eigenvalue weighted by atomic mass is 35.5. The molecule has 144 valence electrons. The molecule has 6 nitrogen and oxygen atoms in total. The summed E-state index contributed by atoms with van der Waals surface area (Å²) in [6.45, 7) is 0. The maximum absolute atomic E-state index is 12.8. The second-order valence-electron chi connectivity index (χ2n) is 6.06. The molecule has 1 N–H and O–H groups in total. The number of nitro benzene ring substituents is 1. The van der Waals surface area contributed by atoms with Crippen LogP contribution < -0.4 is 5.32 Å². The predicted molar refractivity (Wildman–Crippen MR) is 112 cm³/mol. The minimum Gasteiger partial charge on any atom is -0.322 e. The molecule has 7 heteroatoms. The van der Waals surface area contributed by atoms with Crippen molar-refractivity contribution in [2.24, 2.45) is 0 Å². The Bertz CT molecular complexity index is 1110. The number of non-ortho nitro benzene ring substituents is 1. The van der Waals surface area contributed by atoms with E-state index in [0.29, 0.717) is 21.8 Å². The average molecular weight is 407 g/mol. The summed E-state index contributed by atoms with van der Waals surface area (Å²) in [7, 11) is 0. The first-order valence-electron chi connectivity index (χ1n) is 8.57. The molecule has 0 unspecified atom stereocenters. The number of nitrogens with zero attached hydrogens (tertiary/aromatic N) is 1. The number of halogens is 1.